The third-order valence-corrected chi connectivity index (χ3v) is 3.73. The van der Waals surface area contributed by atoms with Crippen LogP contribution < -0.4 is 5.73 Å². The number of hydrogen-bond acceptors (Lipinski definition) is 2. The van der Waals surface area contributed by atoms with Crippen LogP contribution in [0.2, 0.25) is 5.02 Å². The molecule has 0 aliphatic heterocycles. The van der Waals surface area contributed by atoms with Gasteiger partial charge in [0.15, 0.2) is 5.82 Å². The Morgan fingerprint density at radius 1 is 1.50 bits per heavy atom. The standard InChI is InChI=1S/C15H13ClFN3/c1-2-8-20-14(18)13(19-15(20)9-6-7-9)10-4-3-5-11(16)12(10)17/h1,3-5,9H,6-8,18H2. The molecule has 2 aromatic rings. The van der Waals surface area contributed by atoms with Gasteiger partial charge in [-0.15, -0.1) is 6.42 Å². The van der Waals surface area contributed by atoms with Crippen LogP contribution in [0, 0.1) is 18.2 Å². The van der Waals surface area contributed by atoms with Crippen LogP contribution in [0.1, 0.15) is 24.6 Å². The predicted molar refractivity (Wildman–Crippen MR) is 77.9 cm³/mol. The quantitative estimate of drug-likeness (QED) is 0.880. The van der Waals surface area contributed by atoms with Crippen molar-refractivity contribution in [2.24, 2.45) is 0 Å². The second kappa shape index (κ2) is 4.84. The lowest BCUT2D eigenvalue weighted by Crippen LogP contribution is -2.05. The highest BCUT2D eigenvalue weighted by Crippen LogP contribution is 2.42. The van der Waals surface area contributed by atoms with E-state index < -0.39 is 5.82 Å². The zero-order chi connectivity index (χ0) is 14.3. The molecule has 2 N–H and O–H groups in total. The first-order chi connectivity index (χ1) is 9.63. The number of halogens is 2. The van der Waals surface area contributed by atoms with Crippen LogP contribution >= 0.6 is 11.6 Å². The number of anilines is 1. The Morgan fingerprint density at radius 3 is 2.90 bits per heavy atom. The Bertz CT molecular complexity index is 711. The van der Waals surface area contributed by atoms with Gasteiger partial charge in [0.05, 0.1) is 11.6 Å². The summed E-state index contributed by atoms with van der Waals surface area (Å²) in [4.78, 5) is 4.51. The summed E-state index contributed by atoms with van der Waals surface area (Å²) in [6, 6.07) is 4.80. The SMILES string of the molecule is C#CCn1c(C2CC2)nc(-c2cccc(Cl)c2F)c1N. The minimum absolute atomic E-state index is 0.0568. The number of imidazole rings is 1. The van der Waals surface area contributed by atoms with Crippen molar-refractivity contribution in [3.05, 3.63) is 34.9 Å². The number of benzene rings is 1. The minimum atomic E-state index is -0.506. The van der Waals surface area contributed by atoms with Gasteiger partial charge in [0, 0.05) is 11.5 Å². The highest BCUT2D eigenvalue weighted by Gasteiger charge is 2.31. The van der Waals surface area contributed by atoms with Crippen molar-refractivity contribution in [1.82, 2.24) is 9.55 Å². The van der Waals surface area contributed by atoms with Crippen molar-refractivity contribution < 1.29 is 4.39 Å². The largest absolute Gasteiger partial charge is 0.383 e. The van der Waals surface area contributed by atoms with Gasteiger partial charge in [-0.2, -0.15) is 0 Å². The molecule has 3 rings (SSSR count). The molecular formula is C15H13ClFN3. The predicted octanol–water partition coefficient (Wildman–Crippen LogP) is 3.44. The average Bonchev–Trinajstić information content (AvgIpc) is 3.22. The molecule has 5 heteroatoms. The smallest absolute Gasteiger partial charge is 0.151 e. The second-order valence-corrected chi connectivity index (χ2v) is 5.28. The van der Waals surface area contributed by atoms with Gasteiger partial charge in [0.2, 0.25) is 0 Å². The van der Waals surface area contributed by atoms with Gasteiger partial charge < -0.3 is 10.3 Å². The number of aromatic nitrogens is 2. The topological polar surface area (TPSA) is 43.8 Å². The fourth-order valence-corrected chi connectivity index (χ4v) is 2.45. The lowest BCUT2D eigenvalue weighted by molar-refractivity contribution is 0.631. The van der Waals surface area contributed by atoms with Crippen molar-refractivity contribution in [3.8, 4) is 23.6 Å². The maximum absolute atomic E-state index is 14.1. The molecule has 0 spiro atoms. The molecule has 102 valence electrons. The summed E-state index contributed by atoms with van der Waals surface area (Å²) in [5.41, 5.74) is 6.83. The van der Waals surface area contributed by atoms with E-state index in [0.29, 0.717) is 29.5 Å². The third kappa shape index (κ3) is 2.04. The van der Waals surface area contributed by atoms with Crippen LogP contribution in [0.5, 0.6) is 0 Å². The third-order valence-electron chi connectivity index (χ3n) is 3.43. The van der Waals surface area contributed by atoms with E-state index >= 15 is 0 Å². The van der Waals surface area contributed by atoms with Crippen molar-refractivity contribution in [2.45, 2.75) is 25.3 Å². The van der Waals surface area contributed by atoms with Crippen LogP contribution in [0.25, 0.3) is 11.3 Å². The summed E-state index contributed by atoms with van der Waals surface area (Å²) in [6.45, 7) is 0.340. The maximum Gasteiger partial charge on any atom is 0.151 e. The second-order valence-electron chi connectivity index (χ2n) is 4.87. The molecule has 0 radical (unpaired) electrons. The summed E-state index contributed by atoms with van der Waals surface area (Å²) in [5.74, 6) is 3.67. The summed E-state index contributed by atoms with van der Waals surface area (Å²) in [6.07, 6.45) is 7.51. The fourth-order valence-electron chi connectivity index (χ4n) is 2.28. The van der Waals surface area contributed by atoms with E-state index in [-0.39, 0.29) is 5.02 Å². The first-order valence-electron chi connectivity index (χ1n) is 6.37. The molecule has 1 aromatic carbocycles. The van der Waals surface area contributed by atoms with Gasteiger partial charge in [0.25, 0.3) is 0 Å². The number of rotatable bonds is 3. The average molecular weight is 290 g/mol. The monoisotopic (exact) mass is 289 g/mol. The normalized spacial score (nSPS) is 14.2. The van der Waals surface area contributed by atoms with Crippen molar-refractivity contribution in [3.63, 3.8) is 0 Å². The molecule has 20 heavy (non-hydrogen) atoms. The fraction of sp³-hybridized carbons (Fsp3) is 0.267. The van der Waals surface area contributed by atoms with Gasteiger partial charge in [-0.3, -0.25) is 0 Å². The first-order valence-corrected chi connectivity index (χ1v) is 6.75. The van der Waals surface area contributed by atoms with Crippen molar-refractivity contribution in [2.75, 3.05) is 5.73 Å². The molecule has 3 nitrogen and oxygen atoms in total. The van der Waals surface area contributed by atoms with E-state index in [1.54, 1.807) is 16.7 Å². The summed E-state index contributed by atoms with van der Waals surface area (Å²) in [7, 11) is 0. The van der Waals surface area contributed by atoms with E-state index in [2.05, 4.69) is 10.9 Å². The molecule has 1 aromatic heterocycles. The van der Waals surface area contributed by atoms with Gasteiger partial charge in [-0.25, -0.2) is 9.37 Å². The summed E-state index contributed by atoms with van der Waals surface area (Å²) >= 11 is 5.82. The Balaban J connectivity index is 2.17. The number of hydrogen-bond donors (Lipinski definition) is 1. The lowest BCUT2D eigenvalue weighted by Gasteiger charge is -2.05. The van der Waals surface area contributed by atoms with Crippen LogP contribution in [-0.2, 0) is 6.54 Å². The molecule has 0 bridgehead atoms. The highest BCUT2D eigenvalue weighted by molar-refractivity contribution is 6.31. The molecule has 1 fully saturated rings. The van der Waals surface area contributed by atoms with Gasteiger partial charge in [-0.1, -0.05) is 23.6 Å². The molecule has 0 atom stereocenters. The Morgan fingerprint density at radius 2 is 2.25 bits per heavy atom. The van der Waals surface area contributed by atoms with Crippen LogP contribution in [0.4, 0.5) is 10.2 Å². The zero-order valence-corrected chi connectivity index (χ0v) is 11.5. The van der Waals surface area contributed by atoms with Crippen LogP contribution in [0.15, 0.2) is 18.2 Å². The summed E-state index contributed by atoms with van der Waals surface area (Å²) in [5, 5.41) is 0.0568. The van der Waals surface area contributed by atoms with E-state index in [9.17, 15) is 4.39 Å². The molecule has 1 heterocycles. The van der Waals surface area contributed by atoms with Gasteiger partial charge >= 0.3 is 0 Å². The number of nitrogen functional groups attached to an aromatic ring is 1. The highest BCUT2D eigenvalue weighted by atomic mass is 35.5. The van der Waals surface area contributed by atoms with Crippen LogP contribution in [0.3, 0.4) is 0 Å². The molecule has 1 saturated carbocycles. The molecule has 0 saturated heterocycles. The molecule has 0 unspecified atom stereocenters. The number of nitrogens with two attached hydrogens (primary N) is 1. The molecule has 0 amide bonds. The number of terminal acetylenes is 1. The summed E-state index contributed by atoms with van der Waals surface area (Å²) < 4.78 is 15.9. The van der Waals surface area contributed by atoms with E-state index in [0.717, 1.165) is 18.7 Å². The van der Waals surface area contributed by atoms with Gasteiger partial charge in [0.1, 0.15) is 17.3 Å². The van der Waals surface area contributed by atoms with Crippen LogP contribution in [-0.4, -0.2) is 9.55 Å². The van der Waals surface area contributed by atoms with Gasteiger partial charge in [-0.05, 0) is 25.0 Å². The Kier molecular flexibility index (Phi) is 3.15. The van der Waals surface area contributed by atoms with E-state index in [4.69, 9.17) is 23.8 Å². The molecular weight excluding hydrogens is 277 g/mol. The first kappa shape index (κ1) is 13.0. The van der Waals surface area contributed by atoms with E-state index in [1.165, 1.54) is 6.07 Å². The van der Waals surface area contributed by atoms with Crippen molar-refractivity contribution >= 4 is 17.4 Å². The molecule has 1 aliphatic carbocycles. The maximum atomic E-state index is 14.1. The van der Waals surface area contributed by atoms with E-state index in [1.807, 2.05) is 0 Å². The van der Waals surface area contributed by atoms with Crippen molar-refractivity contribution in [1.29, 1.82) is 0 Å². The Labute approximate surface area is 121 Å². The lowest BCUT2D eigenvalue weighted by atomic mass is 10.1. The zero-order valence-electron chi connectivity index (χ0n) is 10.7. The molecule has 1 aliphatic rings. The number of nitrogens with zero attached hydrogens (tertiary/aromatic N) is 2. The minimum Gasteiger partial charge on any atom is -0.383 e. The Hall–Kier alpha value is -1.99.